The van der Waals surface area contributed by atoms with E-state index in [2.05, 4.69) is 9.44 Å². The lowest BCUT2D eigenvalue weighted by Gasteiger charge is -2.19. The first-order valence-electron chi connectivity index (χ1n) is 12.2. The summed E-state index contributed by atoms with van der Waals surface area (Å²) in [4.78, 5) is 0.114. The van der Waals surface area contributed by atoms with Crippen molar-refractivity contribution in [3.05, 3.63) is 109 Å². The van der Waals surface area contributed by atoms with Crippen molar-refractivity contribution in [1.82, 2.24) is 0 Å². The molecule has 10 heteroatoms. The van der Waals surface area contributed by atoms with E-state index in [1.165, 1.54) is 38.5 Å². The van der Waals surface area contributed by atoms with Crippen LogP contribution in [0.3, 0.4) is 0 Å². The second-order valence-electron chi connectivity index (χ2n) is 8.82. The van der Waals surface area contributed by atoms with Gasteiger partial charge in [-0.05, 0) is 60.2 Å². The van der Waals surface area contributed by atoms with Gasteiger partial charge in [0, 0.05) is 16.3 Å². The first kappa shape index (κ1) is 27.0. The molecule has 0 fully saturated rings. The maximum atomic E-state index is 13.5. The lowest BCUT2D eigenvalue weighted by molar-refractivity contribution is 0.414. The third kappa shape index (κ3) is 5.45. The summed E-state index contributed by atoms with van der Waals surface area (Å²) in [5.74, 6) is 1.06. The van der Waals surface area contributed by atoms with Gasteiger partial charge in [-0.25, -0.2) is 16.8 Å². The van der Waals surface area contributed by atoms with Gasteiger partial charge in [-0.1, -0.05) is 54.6 Å². The predicted molar refractivity (Wildman–Crippen MR) is 157 cm³/mol. The minimum atomic E-state index is -4.01. The monoisotopic (exact) mass is 574 g/mol. The molecule has 204 valence electrons. The van der Waals surface area contributed by atoms with Crippen LogP contribution in [0.1, 0.15) is 0 Å². The van der Waals surface area contributed by atoms with Gasteiger partial charge in [0.05, 0.1) is 35.4 Å². The molecule has 0 spiro atoms. The number of nitrogens with one attached hydrogen (secondary N) is 2. The molecule has 0 saturated carbocycles. The van der Waals surface area contributed by atoms with Crippen LogP contribution in [0.25, 0.3) is 21.9 Å². The average Bonchev–Trinajstić information content (AvgIpc) is 2.98. The molecule has 0 atom stereocenters. The molecule has 0 unspecified atom stereocenters. The van der Waals surface area contributed by atoms with Gasteiger partial charge in [0.15, 0.2) is 0 Å². The highest BCUT2D eigenvalue weighted by Crippen LogP contribution is 2.41. The molecular formula is C30H26N2O6S2. The van der Waals surface area contributed by atoms with Crippen molar-refractivity contribution in [2.75, 3.05) is 23.7 Å². The first-order chi connectivity index (χ1) is 19.2. The molecule has 8 nitrogen and oxygen atoms in total. The van der Waals surface area contributed by atoms with E-state index in [1.807, 2.05) is 30.3 Å². The van der Waals surface area contributed by atoms with Crippen LogP contribution in [0.5, 0.6) is 11.5 Å². The minimum Gasteiger partial charge on any atom is -0.497 e. The maximum absolute atomic E-state index is 13.5. The summed E-state index contributed by atoms with van der Waals surface area (Å²) in [7, 11) is -4.99. The van der Waals surface area contributed by atoms with E-state index in [0.29, 0.717) is 44.8 Å². The topological polar surface area (TPSA) is 111 Å². The zero-order chi connectivity index (χ0) is 28.3. The number of fused-ring (bicyclic) bond motifs is 1. The normalized spacial score (nSPS) is 11.7. The van der Waals surface area contributed by atoms with Gasteiger partial charge in [-0.3, -0.25) is 9.44 Å². The number of hydrogen-bond donors (Lipinski definition) is 2. The number of anilines is 2. The Labute approximate surface area is 233 Å². The molecule has 40 heavy (non-hydrogen) atoms. The fourth-order valence-electron chi connectivity index (χ4n) is 4.32. The van der Waals surface area contributed by atoms with Crippen LogP contribution in [-0.4, -0.2) is 31.1 Å². The van der Waals surface area contributed by atoms with E-state index in [1.54, 1.807) is 54.6 Å². The molecular weight excluding hydrogens is 548 g/mol. The van der Waals surface area contributed by atoms with Gasteiger partial charge in [0.25, 0.3) is 20.0 Å². The number of hydrogen-bond acceptors (Lipinski definition) is 6. The van der Waals surface area contributed by atoms with E-state index < -0.39 is 20.0 Å². The Kier molecular flexibility index (Phi) is 7.38. The Balaban J connectivity index is 1.67. The van der Waals surface area contributed by atoms with E-state index in [0.717, 1.165) is 0 Å². The number of ether oxygens (including phenoxy) is 2. The summed E-state index contributed by atoms with van der Waals surface area (Å²) >= 11 is 0. The zero-order valence-corrected chi connectivity index (χ0v) is 23.3. The maximum Gasteiger partial charge on any atom is 0.261 e. The van der Waals surface area contributed by atoms with Gasteiger partial charge in [0.1, 0.15) is 11.5 Å². The Hall–Kier alpha value is -4.54. The molecule has 0 amide bonds. The second-order valence-corrected chi connectivity index (χ2v) is 12.2. The van der Waals surface area contributed by atoms with Crippen LogP contribution in [0, 0.1) is 0 Å². The van der Waals surface area contributed by atoms with Crippen molar-refractivity contribution < 1.29 is 26.3 Å². The molecule has 0 radical (unpaired) electrons. The average molecular weight is 575 g/mol. The summed E-state index contributed by atoms with van der Waals surface area (Å²) in [6, 6.07) is 29.9. The van der Waals surface area contributed by atoms with Crippen LogP contribution in [0.2, 0.25) is 0 Å². The highest BCUT2D eigenvalue weighted by molar-refractivity contribution is 7.93. The quantitative estimate of drug-likeness (QED) is 0.219. The van der Waals surface area contributed by atoms with Crippen LogP contribution < -0.4 is 18.9 Å². The zero-order valence-electron chi connectivity index (χ0n) is 21.7. The van der Waals surface area contributed by atoms with Crippen LogP contribution >= 0.6 is 0 Å². The summed E-state index contributed by atoms with van der Waals surface area (Å²) in [5.41, 5.74) is 1.83. The van der Waals surface area contributed by atoms with Gasteiger partial charge in [-0.2, -0.15) is 0 Å². The first-order valence-corrected chi connectivity index (χ1v) is 15.1. The highest BCUT2D eigenvalue weighted by Gasteiger charge is 2.23. The molecule has 0 aliphatic heterocycles. The molecule has 5 aromatic rings. The van der Waals surface area contributed by atoms with E-state index >= 15 is 0 Å². The molecule has 0 aliphatic rings. The van der Waals surface area contributed by atoms with E-state index in [9.17, 15) is 16.8 Å². The highest BCUT2D eigenvalue weighted by atomic mass is 32.2. The number of benzene rings is 5. The van der Waals surface area contributed by atoms with Crippen molar-refractivity contribution >= 4 is 42.2 Å². The molecule has 5 aromatic carbocycles. The van der Waals surface area contributed by atoms with E-state index in [-0.39, 0.29) is 9.79 Å². The summed E-state index contributed by atoms with van der Waals surface area (Å²) < 4.78 is 69.5. The molecule has 5 rings (SSSR count). The lowest BCUT2D eigenvalue weighted by atomic mass is 9.97. The summed E-state index contributed by atoms with van der Waals surface area (Å²) in [6.45, 7) is 0. The van der Waals surface area contributed by atoms with E-state index in [4.69, 9.17) is 9.47 Å². The molecule has 0 heterocycles. The van der Waals surface area contributed by atoms with Gasteiger partial charge >= 0.3 is 0 Å². The number of methoxy groups -OCH3 is 2. The third-order valence-corrected chi connectivity index (χ3v) is 9.10. The van der Waals surface area contributed by atoms with Crippen LogP contribution in [0.4, 0.5) is 11.4 Å². The van der Waals surface area contributed by atoms with Crippen molar-refractivity contribution in [3.8, 4) is 22.6 Å². The second kappa shape index (κ2) is 10.9. The molecule has 0 aromatic heterocycles. The Morgan fingerprint density at radius 2 is 1.02 bits per heavy atom. The SMILES string of the molecule is COc1ccc(S(=O)(=O)Nc2cc(-c3ccccc3)c(NS(=O)(=O)c3ccc(OC)cc3)c3ccccc23)cc1. The van der Waals surface area contributed by atoms with Crippen LogP contribution in [-0.2, 0) is 20.0 Å². The Bertz CT molecular complexity index is 1870. The largest absolute Gasteiger partial charge is 0.497 e. The molecule has 0 saturated heterocycles. The number of rotatable bonds is 9. The van der Waals surface area contributed by atoms with Gasteiger partial charge in [-0.15, -0.1) is 0 Å². The fourth-order valence-corrected chi connectivity index (χ4v) is 6.49. The summed E-state index contributed by atoms with van der Waals surface area (Å²) in [5, 5.41) is 1.04. The predicted octanol–water partition coefficient (Wildman–Crippen LogP) is 6.13. The van der Waals surface area contributed by atoms with Crippen molar-refractivity contribution in [2.24, 2.45) is 0 Å². The molecule has 0 aliphatic carbocycles. The lowest BCUT2D eigenvalue weighted by Crippen LogP contribution is -2.16. The van der Waals surface area contributed by atoms with Crippen molar-refractivity contribution in [2.45, 2.75) is 9.79 Å². The smallest absolute Gasteiger partial charge is 0.261 e. The third-order valence-electron chi connectivity index (χ3n) is 6.35. The van der Waals surface area contributed by atoms with Crippen molar-refractivity contribution in [3.63, 3.8) is 0 Å². The van der Waals surface area contributed by atoms with Crippen LogP contribution in [0.15, 0.2) is 119 Å². The molecule has 0 bridgehead atoms. The molecule has 2 N–H and O–H groups in total. The summed E-state index contributed by atoms with van der Waals surface area (Å²) in [6.07, 6.45) is 0. The fraction of sp³-hybridized carbons (Fsp3) is 0.0667. The Morgan fingerprint density at radius 3 is 1.55 bits per heavy atom. The van der Waals surface area contributed by atoms with Gasteiger partial charge < -0.3 is 9.47 Å². The standard InChI is InChI=1S/C30H26N2O6S2/c1-37-22-12-16-24(17-13-22)39(33,34)31-29-20-28(21-8-4-3-5-9-21)30(27-11-7-6-10-26(27)29)32-40(35,36)25-18-14-23(38-2)15-19-25/h3-20,31-32H,1-2H3. The minimum absolute atomic E-state index is 0.0562. The van der Waals surface area contributed by atoms with Gasteiger partial charge in [0.2, 0.25) is 0 Å². The van der Waals surface area contributed by atoms with Crippen molar-refractivity contribution in [1.29, 1.82) is 0 Å². The number of sulfonamides is 2. The Morgan fingerprint density at radius 1 is 0.550 bits per heavy atom.